The molecule has 25 heavy (non-hydrogen) atoms. The minimum atomic E-state index is -2.26. The third-order valence-corrected chi connectivity index (χ3v) is 4.61. The van der Waals surface area contributed by atoms with Gasteiger partial charge in [0.25, 0.3) is 6.43 Å². The Morgan fingerprint density at radius 3 is 2.52 bits per heavy atom. The molecule has 0 atom stereocenters. The van der Waals surface area contributed by atoms with Crippen LogP contribution in [0.5, 0.6) is 0 Å². The maximum Gasteiger partial charge on any atom is 0.251 e. The molecule has 0 amide bonds. The monoisotopic (exact) mass is 343 g/mol. The molecule has 0 saturated carbocycles. The highest BCUT2D eigenvalue weighted by Crippen LogP contribution is 2.25. The van der Waals surface area contributed by atoms with Crippen LogP contribution in [0.3, 0.4) is 0 Å². The van der Waals surface area contributed by atoms with Gasteiger partial charge in [-0.1, -0.05) is 12.1 Å². The van der Waals surface area contributed by atoms with E-state index in [0.717, 1.165) is 41.1 Å². The van der Waals surface area contributed by atoms with Gasteiger partial charge in [-0.15, -0.1) is 0 Å². The number of hydrogen-bond acceptors (Lipinski definition) is 4. The number of aromatic nitrogens is 3. The predicted molar refractivity (Wildman–Crippen MR) is 94.0 cm³/mol. The van der Waals surface area contributed by atoms with Crippen LogP contribution in [-0.2, 0) is 0 Å². The van der Waals surface area contributed by atoms with E-state index in [1.807, 2.05) is 11.0 Å². The molecule has 0 bridgehead atoms. The number of fused-ring (bicyclic) bond motifs is 1. The van der Waals surface area contributed by atoms with E-state index in [9.17, 15) is 8.78 Å². The summed E-state index contributed by atoms with van der Waals surface area (Å²) in [6.07, 6.45) is 1.06. The summed E-state index contributed by atoms with van der Waals surface area (Å²) < 4.78 is 24.9. The van der Waals surface area contributed by atoms with Gasteiger partial charge in [0, 0.05) is 49.1 Å². The lowest BCUT2D eigenvalue weighted by Crippen LogP contribution is -2.47. The molecule has 3 heterocycles. The highest BCUT2D eigenvalue weighted by molar-refractivity contribution is 5.82. The molecule has 1 aliphatic heterocycles. The smallest absolute Gasteiger partial charge is 0.251 e. The molecular weight excluding hydrogens is 324 g/mol. The SMILES string of the molecule is FC(F)CN1CCN(c2ccc(-c3cc4cncnc4[nH]3)cc2)CC1. The Morgan fingerprint density at radius 2 is 1.84 bits per heavy atom. The van der Waals surface area contributed by atoms with Crippen LogP contribution >= 0.6 is 0 Å². The van der Waals surface area contributed by atoms with Gasteiger partial charge in [0.1, 0.15) is 12.0 Å². The van der Waals surface area contributed by atoms with Gasteiger partial charge in [0.15, 0.2) is 0 Å². The molecule has 1 fully saturated rings. The summed E-state index contributed by atoms with van der Waals surface area (Å²) >= 11 is 0. The highest BCUT2D eigenvalue weighted by Gasteiger charge is 2.19. The summed E-state index contributed by atoms with van der Waals surface area (Å²) in [7, 11) is 0. The molecular formula is C18H19F2N5. The van der Waals surface area contributed by atoms with Crippen LogP contribution in [0.1, 0.15) is 0 Å². The van der Waals surface area contributed by atoms with E-state index >= 15 is 0 Å². The van der Waals surface area contributed by atoms with Gasteiger partial charge >= 0.3 is 0 Å². The second-order valence-electron chi connectivity index (χ2n) is 6.24. The van der Waals surface area contributed by atoms with E-state index in [0.29, 0.717) is 13.1 Å². The zero-order chi connectivity index (χ0) is 17.2. The van der Waals surface area contributed by atoms with Crippen molar-refractivity contribution < 1.29 is 8.78 Å². The molecule has 1 aromatic carbocycles. The van der Waals surface area contributed by atoms with Crippen molar-refractivity contribution in [2.75, 3.05) is 37.6 Å². The molecule has 1 aliphatic rings. The fourth-order valence-electron chi connectivity index (χ4n) is 3.26. The van der Waals surface area contributed by atoms with Gasteiger partial charge in [-0.2, -0.15) is 0 Å². The first-order chi connectivity index (χ1) is 12.2. The van der Waals surface area contributed by atoms with Gasteiger partial charge in [-0.25, -0.2) is 18.7 Å². The van der Waals surface area contributed by atoms with Gasteiger partial charge in [-0.3, -0.25) is 4.90 Å². The van der Waals surface area contributed by atoms with Crippen molar-refractivity contribution in [1.29, 1.82) is 0 Å². The number of rotatable bonds is 4. The Balaban J connectivity index is 1.45. The quantitative estimate of drug-likeness (QED) is 0.791. The zero-order valence-electron chi connectivity index (χ0n) is 13.7. The van der Waals surface area contributed by atoms with Crippen molar-refractivity contribution in [3.8, 4) is 11.3 Å². The summed E-state index contributed by atoms with van der Waals surface area (Å²) in [6, 6.07) is 10.3. The van der Waals surface area contributed by atoms with E-state index in [-0.39, 0.29) is 6.54 Å². The number of benzene rings is 1. The number of piperazine rings is 1. The fourth-order valence-corrected chi connectivity index (χ4v) is 3.26. The molecule has 2 aromatic heterocycles. The van der Waals surface area contributed by atoms with Crippen molar-refractivity contribution in [2.45, 2.75) is 6.43 Å². The minimum Gasteiger partial charge on any atom is -0.369 e. The molecule has 1 saturated heterocycles. The van der Waals surface area contributed by atoms with Gasteiger partial charge in [0.2, 0.25) is 0 Å². The molecule has 0 radical (unpaired) electrons. The molecule has 4 rings (SSSR count). The number of H-pyrrole nitrogens is 1. The Labute approximate surface area is 144 Å². The molecule has 0 aliphatic carbocycles. The summed E-state index contributed by atoms with van der Waals surface area (Å²) in [5, 5.41) is 0.983. The van der Waals surface area contributed by atoms with Crippen molar-refractivity contribution in [3.63, 3.8) is 0 Å². The summed E-state index contributed by atoms with van der Waals surface area (Å²) in [5.41, 5.74) is 4.03. The average molecular weight is 343 g/mol. The molecule has 130 valence electrons. The fraction of sp³-hybridized carbons (Fsp3) is 0.333. The highest BCUT2D eigenvalue weighted by atomic mass is 19.3. The second kappa shape index (κ2) is 6.76. The lowest BCUT2D eigenvalue weighted by Gasteiger charge is -2.35. The van der Waals surface area contributed by atoms with Crippen molar-refractivity contribution in [1.82, 2.24) is 19.9 Å². The predicted octanol–water partition coefficient (Wildman–Crippen LogP) is 3.01. The van der Waals surface area contributed by atoms with Gasteiger partial charge < -0.3 is 9.88 Å². The molecule has 7 heteroatoms. The van der Waals surface area contributed by atoms with E-state index in [1.165, 1.54) is 6.33 Å². The minimum absolute atomic E-state index is 0.129. The first kappa shape index (κ1) is 16.0. The number of anilines is 1. The third kappa shape index (κ3) is 3.46. The first-order valence-electron chi connectivity index (χ1n) is 8.34. The number of alkyl halides is 2. The van der Waals surface area contributed by atoms with Crippen LogP contribution < -0.4 is 4.90 Å². The summed E-state index contributed by atoms with van der Waals surface area (Å²) in [4.78, 5) is 15.6. The average Bonchev–Trinajstić information content (AvgIpc) is 3.06. The number of halogens is 2. The number of aromatic amines is 1. The Bertz CT molecular complexity index is 805. The van der Waals surface area contributed by atoms with Crippen LogP contribution in [0, 0.1) is 0 Å². The van der Waals surface area contributed by atoms with E-state index in [4.69, 9.17) is 0 Å². The molecule has 5 nitrogen and oxygen atoms in total. The summed E-state index contributed by atoms with van der Waals surface area (Å²) in [5.74, 6) is 0. The maximum absolute atomic E-state index is 12.5. The molecule has 3 aromatic rings. The summed E-state index contributed by atoms with van der Waals surface area (Å²) in [6.45, 7) is 2.76. The lowest BCUT2D eigenvalue weighted by molar-refractivity contribution is 0.0854. The van der Waals surface area contributed by atoms with Crippen molar-refractivity contribution in [3.05, 3.63) is 42.9 Å². The Hall–Kier alpha value is -2.54. The zero-order valence-corrected chi connectivity index (χ0v) is 13.7. The normalized spacial score (nSPS) is 16.0. The Kier molecular flexibility index (Phi) is 4.31. The van der Waals surface area contributed by atoms with E-state index in [1.54, 1.807) is 6.20 Å². The Morgan fingerprint density at radius 1 is 1.08 bits per heavy atom. The number of hydrogen-bond donors (Lipinski definition) is 1. The van der Waals surface area contributed by atoms with Crippen LogP contribution in [0.4, 0.5) is 14.5 Å². The van der Waals surface area contributed by atoms with Crippen molar-refractivity contribution >= 4 is 16.7 Å². The van der Waals surface area contributed by atoms with E-state index < -0.39 is 6.43 Å². The second-order valence-corrected chi connectivity index (χ2v) is 6.24. The number of nitrogens with zero attached hydrogens (tertiary/aromatic N) is 4. The van der Waals surface area contributed by atoms with Crippen LogP contribution in [-0.4, -0.2) is 59.0 Å². The van der Waals surface area contributed by atoms with Gasteiger partial charge in [0.05, 0.1) is 6.54 Å². The molecule has 1 N–H and O–H groups in total. The molecule has 0 spiro atoms. The largest absolute Gasteiger partial charge is 0.369 e. The maximum atomic E-state index is 12.5. The first-order valence-corrected chi connectivity index (χ1v) is 8.34. The number of nitrogens with one attached hydrogen (secondary N) is 1. The van der Waals surface area contributed by atoms with Crippen molar-refractivity contribution in [2.24, 2.45) is 0 Å². The molecule has 0 unspecified atom stereocenters. The van der Waals surface area contributed by atoms with Crippen LogP contribution in [0.15, 0.2) is 42.9 Å². The van der Waals surface area contributed by atoms with Gasteiger partial charge in [-0.05, 0) is 23.8 Å². The lowest BCUT2D eigenvalue weighted by atomic mass is 10.1. The topological polar surface area (TPSA) is 48.1 Å². The van der Waals surface area contributed by atoms with Crippen LogP contribution in [0.25, 0.3) is 22.3 Å². The van der Waals surface area contributed by atoms with Crippen LogP contribution in [0.2, 0.25) is 0 Å². The van der Waals surface area contributed by atoms with E-state index in [2.05, 4.69) is 44.1 Å². The standard InChI is InChI=1S/C18H19F2N5/c19-17(20)11-24-5-7-25(8-6-24)15-3-1-13(2-4-15)16-9-14-10-21-12-22-18(14)23-16/h1-4,9-10,12,17H,5-8,11H2,(H,21,22,23). The third-order valence-electron chi connectivity index (χ3n) is 4.61.